The molecular weight excluding hydrogens is 413 g/mol. The fourth-order valence-corrected chi connectivity index (χ4v) is 3.62. The second-order valence-corrected chi connectivity index (χ2v) is 7.33. The van der Waals surface area contributed by atoms with Crippen LogP contribution in [0.2, 0.25) is 10.0 Å². The van der Waals surface area contributed by atoms with Crippen molar-refractivity contribution in [3.63, 3.8) is 0 Å². The summed E-state index contributed by atoms with van der Waals surface area (Å²) in [5, 5.41) is 10.8. The summed E-state index contributed by atoms with van der Waals surface area (Å²) >= 11 is 12.6. The predicted molar refractivity (Wildman–Crippen MR) is 113 cm³/mol. The van der Waals surface area contributed by atoms with Crippen LogP contribution in [-0.4, -0.2) is 41.2 Å². The lowest BCUT2D eigenvalue weighted by molar-refractivity contribution is -0.120. The van der Waals surface area contributed by atoms with Crippen molar-refractivity contribution in [2.75, 3.05) is 29.9 Å². The van der Waals surface area contributed by atoms with E-state index in [1.54, 1.807) is 35.1 Å². The molecule has 0 aliphatic carbocycles. The number of nitrogens with zero attached hydrogens (tertiary/aromatic N) is 3. The third-order valence-electron chi connectivity index (χ3n) is 4.53. The minimum atomic E-state index is -0.315. The number of benzene rings is 2. The second kappa shape index (κ2) is 8.14. The van der Waals surface area contributed by atoms with Crippen LogP contribution in [0.25, 0.3) is 5.69 Å². The Kier molecular flexibility index (Phi) is 5.42. The number of anilines is 2. The van der Waals surface area contributed by atoms with E-state index >= 15 is 0 Å². The molecule has 2 N–H and O–H groups in total. The molecule has 0 saturated carbocycles. The zero-order valence-corrected chi connectivity index (χ0v) is 16.7. The molecule has 148 valence electrons. The van der Waals surface area contributed by atoms with E-state index in [1.165, 1.54) is 6.20 Å². The van der Waals surface area contributed by atoms with Crippen LogP contribution in [-0.2, 0) is 4.79 Å². The monoisotopic (exact) mass is 429 g/mol. The molecular formula is C20H17Cl2N5O2. The molecule has 2 amide bonds. The number of para-hydroxylation sites is 1. The van der Waals surface area contributed by atoms with Crippen molar-refractivity contribution < 1.29 is 9.59 Å². The number of halogens is 2. The molecule has 0 unspecified atom stereocenters. The summed E-state index contributed by atoms with van der Waals surface area (Å²) in [6.45, 7) is 1.51. The van der Waals surface area contributed by atoms with Crippen LogP contribution >= 0.6 is 23.2 Å². The number of carbonyl (C=O) groups is 2. The minimum absolute atomic E-state index is 0.0415. The van der Waals surface area contributed by atoms with Crippen LogP contribution in [0.5, 0.6) is 0 Å². The molecule has 0 spiro atoms. The first-order chi connectivity index (χ1) is 14.0. The topological polar surface area (TPSA) is 79.3 Å². The van der Waals surface area contributed by atoms with Gasteiger partial charge in [-0.1, -0.05) is 35.3 Å². The van der Waals surface area contributed by atoms with Crippen molar-refractivity contribution in [1.29, 1.82) is 0 Å². The van der Waals surface area contributed by atoms with E-state index in [0.29, 0.717) is 40.1 Å². The number of piperazine rings is 1. The van der Waals surface area contributed by atoms with Crippen molar-refractivity contribution in [1.82, 2.24) is 15.1 Å². The van der Waals surface area contributed by atoms with Gasteiger partial charge in [-0.2, -0.15) is 5.10 Å². The van der Waals surface area contributed by atoms with Gasteiger partial charge in [0, 0.05) is 25.0 Å². The van der Waals surface area contributed by atoms with Gasteiger partial charge in [-0.3, -0.25) is 9.59 Å². The maximum Gasteiger partial charge on any atom is 0.258 e. The highest BCUT2D eigenvalue weighted by Crippen LogP contribution is 2.29. The maximum absolute atomic E-state index is 12.6. The Morgan fingerprint density at radius 3 is 2.69 bits per heavy atom. The Balaban J connectivity index is 1.48. The molecule has 2 heterocycles. The zero-order chi connectivity index (χ0) is 20.4. The van der Waals surface area contributed by atoms with E-state index in [1.807, 2.05) is 23.1 Å². The smallest absolute Gasteiger partial charge is 0.258 e. The van der Waals surface area contributed by atoms with Gasteiger partial charge in [0.25, 0.3) is 5.91 Å². The Labute approximate surface area is 177 Å². The molecule has 7 nitrogen and oxygen atoms in total. The molecule has 4 rings (SSSR count). The van der Waals surface area contributed by atoms with Crippen molar-refractivity contribution in [3.8, 4) is 5.69 Å². The zero-order valence-electron chi connectivity index (χ0n) is 15.2. The molecule has 1 aliphatic rings. The first kappa shape index (κ1) is 19.3. The Bertz CT molecular complexity index is 1080. The average molecular weight is 430 g/mol. The summed E-state index contributed by atoms with van der Waals surface area (Å²) in [6.07, 6.45) is 3.08. The van der Waals surface area contributed by atoms with Gasteiger partial charge in [0.15, 0.2) is 0 Å². The molecule has 9 heteroatoms. The fourth-order valence-electron chi connectivity index (χ4n) is 3.10. The third-order valence-corrected chi connectivity index (χ3v) is 5.15. The summed E-state index contributed by atoms with van der Waals surface area (Å²) in [4.78, 5) is 26.1. The number of hydrogen-bond donors (Lipinski definition) is 2. The van der Waals surface area contributed by atoms with E-state index in [4.69, 9.17) is 23.2 Å². The average Bonchev–Trinajstić information content (AvgIpc) is 3.18. The maximum atomic E-state index is 12.6. The van der Waals surface area contributed by atoms with E-state index in [-0.39, 0.29) is 18.4 Å². The summed E-state index contributed by atoms with van der Waals surface area (Å²) in [5.74, 6) is -0.357. The molecule has 0 bridgehead atoms. The number of hydrogen-bond acceptors (Lipinski definition) is 4. The van der Waals surface area contributed by atoms with Crippen LogP contribution in [0.1, 0.15) is 10.4 Å². The highest BCUT2D eigenvalue weighted by molar-refractivity contribution is 6.33. The Hall–Kier alpha value is -3.03. The quantitative estimate of drug-likeness (QED) is 0.666. The van der Waals surface area contributed by atoms with Gasteiger partial charge in [-0.05, 0) is 30.3 Å². The van der Waals surface area contributed by atoms with Crippen LogP contribution < -0.4 is 15.5 Å². The van der Waals surface area contributed by atoms with Gasteiger partial charge < -0.3 is 15.5 Å². The van der Waals surface area contributed by atoms with Gasteiger partial charge in [0.2, 0.25) is 5.91 Å². The predicted octanol–water partition coefficient (Wildman–Crippen LogP) is 3.37. The van der Waals surface area contributed by atoms with Gasteiger partial charge in [0.05, 0.1) is 39.7 Å². The van der Waals surface area contributed by atoms with Gasteiger partial charge in [-0.15, -0.1) is 0 Å². The first-order valence-corrected chi connectivity index (χ1v) is 9.69. The van der Waals surface area contributed by atoms with Crippen molar-refractivity contribution in [3.05, 3.63) is 70.5 Å². The lowest BCUT2D eigenvalue weighted by atomic mass is 10.2. The minimum Gasteiger partial charge on any atom is -0.359 e. The highest BCUT2D eigenvalue weighted by Gasteiger charge is 2.19. The number of amides is 2. The largest absolute Gasteiger partial charge is 0.359 e. The molecule has 0 radical (unpaired) electrons. The number of nitrogens with one attached hydrogen (secondary N) is 2. The second-order valence-electron chi connectivity index (χ2n) is 6.52. The Morgan fingerprint density at radius 1 is 1.10 bits per heavy atom. The van der Waals surface area contributed by atoms with E-state index in [2.05, 4.69) is 15.7 Å². The highest BCUT2D eigenvalue weighted by atomic mass is 35.5. The molecule has 2 aromatic carbocycles. The van der Waals surface area contributed by atoms with Crippen molar-refractivity contribution in [2.24, 2.45) is 0 Å². The SMILES string of the molecule is O=C1CN(c2ccc(NC(=O)c3cnn(-c4ccccc4Cl)c3)cc2Cl)CCN1. The van der Waals surface area contributed by atoms with Gasteiger partial charge in [-0.25, -0.2) is 4.68 Å². The number of carbonyl (C=O) groups excluding carboxylic acids is 2. The fraction of sp³-hybridized carbons (Fsp3) is 0.150. The van der Waals surface area contributed by atoms with Crippen molar-refractivity contribution in [2.45, 2.75) is 0 Å². The number of aromatic nitrogens is 2. The Morgan fingerprint density at radius 2 is 1.93 bits per heavy atom. The van der Waals surface area contributed by atoms with Gasteiger partial charge >= 0.3 is 0 Å². The van der Waals surface area contributed by atoms with Crippen molar-refractivity contribution >= 4 is 46.4 Å². The van der Waals surface area contributed by atoms with Gasteiger partial charge in [0.1, 0.15) is 0 Å². The van der Waals surface area contributed by atoms with E-state index in [0.717, 1.165) is 5.69 Å². The standard InChI is InChI=1S/C20H17Cl2N5O2/c21-15-3-1-2-4-18(15)27-11-13(10-24-27)20(29)25-14-5-6-17(16(22)9-14)26-8-7-23-19(28)12-26/h1-6,9-11H,7-8,12H2,(H,23,28)(H,25,29). The van der Waals surface area contributed by atoms with E-state index < -0.39 is 0 Å². The molecule has 1 fully saturated rings. The molecule has 3 aromatic rings. The summed E-state index contributed by atoms with van der Waals surface area (Å²) in [7, 11) is 0. The van der Waals surface area contributed by atoms with Crippen LogP contribution in [0.15, 0.2) is 54.9 Å². The number of rotatable bonds is 4. The lowest BCUT2D eigenvalue weighted by Crippen LogP contribution is -2.47. The molecule has 1 aliphatic heterocycles. The molecule has 1 saturated heterocycles. The normalized spacial score (nSPS) is 13.9. The molecule has 29 heavy (non-hydrogen) atoms. The first-order valence-electron chi connectivity index (χ1n) is 8.93. The van der Waals surface area contributed by atoms with Crippen LogP contribution in [0.4, 0.5) is 11.4 Å². The van der Waals surface area contributed by atoms with E-state index in [9.17, 15) is 9.59 Å². The lowest BCUT2D eigenvalue weighted by Gasteiger charge is -2.29. The summed E-state index contributed by atoms with van der Waals surface area (Å²) < 4.78 is 1.55. The van der Waals surface area contributed by atoms with Crippen LogP contribution in [0, 0.1) is 0 Å². The summed E-state index contributed by atoms with van der Waals surface area (Å²) in [6, 6.07) is 12.5. The van der Waals surface area contributed by atoms with Crippen LogP contribution in [0.3, 0.4) is 0 Å². The molecule has 0 atom stereocenters. The molecule has 1 aromatic heterocycles. The summed E-state index contributed by atoms with van der Waals surface area (Å²) in [5.41, 5.74) is 2.38. The third kappa shape index (κ3) is 4.21.